The lowest BCUT2D eigenvalue weighted by Crippen LogP contribution is -2.06. The van der Waals surface area contributed by atoms with Gasteiger partial charge in [-0.3, -0.25) is 9.38 Å². The number of fused-ring (bicyclic) bond motifs is 3. The number of hydrogen-bond acceptors (Lipinski definition) is 5. The molecule has 0 radical (unpaired) electrons. The molecule has 22 heavy (non-hydrogen) atoms. The Bertz CT molecular complexity index is 945. The molecule has 0 saturated heterocycles. The zero-order chi connectivity index (χ0) is 14.9. The van der Waals surface area contributed by atoms with Crippen molar-refractivity contribution in [2.45, 2.75) is 13.5 Å². The highest BCUT2D eigenvalue weighted by molar-refractivity contribution is 5.82. The normalized spacial score (nSPS) is 11.1. The van der Waals surface area contributed by atoms with Gasteiger partial charge in [0.15, 0.2) is 5.82 Å². The van der Waals surface area contributed by atoms with E-state index >= 15 is 0 Å². The van der Waals surface area contributed by atoms with Crippen LogP contribution in [0, 0.1) is 6.92 Å². The molecule has 3 aromatic heterocycles. The van der Waals surface area contributed by atoms with E-state index in [1.54, 1.807) is 6.20 Å². The standard InChI is InChI=1S/C16H14N6/c1-11-20-21-16-15(18-10-12-6-4-5-9-17-12)19-13-7-2-3-8-14(13)22(11)16/h2-9H,10H2,1H3,(H,18,19). The predicted octanol–water partition coefficient (Wildman–Crippen LogP) is 2.59. The summed E-state index contributed by atoms with van der Waals surface area (Å²) in [5.41, 5.74) is 3.59. The first kappa shape index (κ1) is 12.7. The minimum atomic E-state index is 0.591. The van der Waals surface area contributed by atoms with Gasteiger partial charge in [0.1, 0.15) is 5.82 Å². The highest BCUT2D eigenvalue weighted by atomic mass is 15.3. The zero-order valence-electron chi connectivity index (χ0n) is 12.1. The van der Waals surface area contributed by atoms with E-state index in [1.807, 2.05) is 53.8 Å². The summed E-state index contributed by atoms with van der Waals surface area (Å²) in [5, 5.41) is 11.7. The maximum Gasteiger partial charge on any atom is 0.204 e. The Morgan fingerprint density at radius 3 is 2.77 bits per heavy atom. The van der Waals surface area contributed by atoms with Gasteiger partial charge >= 0.3 is 0 Å². The van der Waals surface area contributed by atoms with Gasteiger partial charge in [0.2, 0.25) is 5.65 Å². The van der Waals surface area contributed by atoms with Crippen molar-refractivity contribution in [1.29, 1.82) is 0 Å². The fraction of sp³-hybridized carbons (Fsp3) is 0.125. The Balaban J connectivity index is 1.82. The molecule has 108 valence electrons. The number of benzene rings is 1. The lowest BCUT2D eigenvalue weighted by molar-refractivity contribution is 1.02. The van der Waals surface area contributed by atoms with Crippen molar-refractivity contribution in [3.8, 4) is 0 Å². The van der Waals surface area contributed by atoms with E-state index in [0.29, 0.717) is 12.4 Å². The third-order valence-electron chi connectivity index (χ3n) is 3.55. The highest BCUT2D eigenvalue weighted by Gasteiger charge is 2.12. The van der Waals surface area contributed by atoms with Crippen LogP contribution in [0.15, 0.2) is 48.7 Å². The number of aryl methyl sites for hydroxylation is 1. The average molecular weight is 290 g/mol. The summed E-state index contributed by atoms with van der Waals surface area (Å²) < 4.78 is 2.02. The van der Waals surface area contributed by atoms with Crippen LogP contribution in [0.3, 0.4) is 0 Å². The molecule has 0 aliphatic heterocycles. The molecule has 6 nitrogen and oxygen atoms in total. The van der Waals surface area contributed by atoms with Gasteiger partial charge in [-0.25, -0.2) is 4.98 Å². The van der Waals surface area contributed by atoms with E-state index < -0.39 is 0 Å². The van der Waals surface area contributed by atoms with Crippen molar-refractivity contribution < 1.29 is 0 Å². The Morgan fingerprint density at radius 1 is 1.05 bits per heavy atom. The molecule has 0 saturated carbocycles. The molecule has 4 aromatic rings. The van der Waals surface area contributed by atoms with E-state index in [1.165, 1.54) is 0 Å². The van der Waals surface area contributed by atoms with Crippen LogP contribution in [0.4, 0.5) is 5.82 Å². The number of para-hydroxylation sites is 2. The van der Waals surface area contributed by atoms with Crippen LogP contribution >= 0.6 is 0 Å². The first-order valence-corrected chi connectivity index (χ1v) is 7.07. The van der Waals surface area contributed by atoms with E-state index in [2.05, 4.69) is 25.5 Å². The van der Waals surface area contributed by atoms with Crippen molar-refractivity contribution in [3.63, 3.8) is 0 Å². The Labute approximate surface area is 126 Å². The first-order valence-electron chi connectivity index (χ1n) is 7.07. The van der Waals surface area contributed by atoms with Crippen LogP contribution in [-0.4, -0.2) is 24.6 Å². The molecule has 4 rings (SSSR count). The first-order chi connectivity index (χ1) is 10.8. The largest absolute Gasteiger partial charge is 0.361 e. The molecule has 0 spiro atoms. The smallest absolute Gasteiger partial charge is 0.204 e. The second-order valence-corrected chi connectivity index (χ2v) is 5.03. The van der Waals surface area contributed by atoms with Gasteiger partial charge in [-0.2, -0.15) is 0 Å². The molecular weight excluding hydrogens is 276 g/mol. The Hall–Kier alpha value is -3.02. The molecule has 1 N–H and O–H groups in total. The predicted molar refractivity (Wildman–Crippen MR) is 84.6 cm³/mol. The van der Waals surface area contributed by atoms with E-state index in [0.717, 1.165) is 28.2 Å². The summed E-state index contributed by atoms with van der Waals surface area (Å²) in [6, 6.07) is 13.8. The number of aromatic nitrogens is 5. The van der Waals surface area contributed by atoms with Crippen LogP contribution in [0.25, 0.3) is 16.7 Å². The van der Waals surface area contributed by atoms with Crippen LogP contribution in [0.2, 0.25) is 0 Å². The molecular formula is C16H14N6. The number of hydrogen-bond donors (Lipinski definition) is 1. The number of rotatable bonds is 3. The van der Waals surface area contributed by atoms with Crippen LogP contribution < -0.4 is 5.32 Å². The van der Waals surface area contributed by atoms with Crippen molar-refractivity contribution in [3.05, 3.63) is 60.2 Å². The molecule has 3 heterocycles. The second kappa shape index (κ2) is 5.07. The van der Waals surface area contributed by atoms with Gasteiger partial charge < -0.3 is 5.32 Å². The maximum absolute atomic E-state index is 4.67. The molecule has 0 atom stereocenters. The van der Waals surface area contributed by atoms with Crippen LogP contribution in [-0.2, 0) is 6.54 Å². The summed E-state index contributed by atoms with van der Waals surface area (Å²) in [6.07, 6.45) is 1.78. The highest BCUT2D eigenvalue weighted by Crippen LogP contribution is 2.21. The quantitative estimate of drug-likeness (QED) is 0.628. The molecule has 1 aromatic carbocycles. The zero-order valence-corrected chi connectivity index (χ0v) is 12.1. The van der Waals surface area contributed by atoms with Gasteiger partial charge in [-0.1, -0.05) is 18.2 Å². The van der Waals surface area contributed by atoms with Crippen molar-refractivity contribution in [2.24, 2.45) is 0 Å². The molecule has 0 bridgehead atoms. The monoisotopic (exact) mass is 290 g/mol. The average Bonchev–Trinajstić information content (AvgIpc) is 2.96. The van der Waals surface area contributed by atoms with Gasteiger partial charge in [0.05, 0.1) is 23.3 Å². The van der Waals surface area contributed by atoms with Crippen LogP contribution in [0.1, 0.15) is 11.5 Å². The van der Waals surface area contributed by atoms with Crippen molar-refractivity contribution >= 4 is 22.5 Å². The van der Waals surface area contributed by atoms with E-state index in [4.69, 9.17) is 0 Å². The summed E-state index contributed by atoms with van der Waals surface area (Å²) in [6.45, 7) is 2.53. The van der Waals surface area contributed by atoms with Crippen molar-refractivity contribution in [2.75, 3.05) is 5.32 Å². The topological polar surface area (TPSA) is 68.0 Å². The van der Waals surface area contributed by atoms with Gasteiger partial charge in [0, 0.05) is 6.20 Å². The van der Waals surface area contributed by atoms with Gasteiger partial charge in [-0.15, -0.1) is 10.2 Å². The van der Waals surface area contributed by atoms with Crippen molar-refractivity contribution in [1.82, 2.24) is 24.6 Å². The Kier molecular flexibility index (Phi) is 2.93. The van der Waals surface area contributed by atoms with E-state index in [-0.39, 0.29) is 0 Å². The fourth-order valence-electron chi connectivity index (χ4n) is 2.52. The Morgan fingerprint density at radius 2 is 1.91 bits per heavy atom. The summed E-state index contributed by atoms with van der Waals surface area (Å²) in [5.74, 6) is 1.56. The van der Waals surface area contributed by atoms with Crippen LogP contribution in [0.5, 0.6) is 0 Å². The second-order valence-electron chi connectivity index (χ2n) is 5.03. The summed E-state index contributed by atoms with van der Waals surface area (Å²) in [7, 11) is 0. The third kappa shape index (κ3) is 2.05. The lowest BCUT2D eigenvalue weighted by atomic mass is 10.3. The SMILES string of the molecule is Cc1nnc2c(NCc3ccccn3)nc3ccccc3n12. The van der Waals surface area contributed by atoms with Gasteiger partial charge in [0.25, 0.3) is 0 Å². The minimum absolute atomic E-state index is 0.591. The number of nitrogens with one attached hydrogen (secondary N) is 1. The summed E-state index contributed by atoms with van der Waals surface area (Å²) in [4.78, 5) is 8.98. The van der Waals surface area contributed by atoms with Gasteiger partial charge in [-0.05, 0) is 31.2 Å². The summed E-state index contributed by atoms with van der Waals surface area (Å²) >= 11 is 0. The molecule has 0 unspecified atom stereocenters. The molecule has 0 aliphatic rings. The number of pyridine rings is 1. The lowest BCUT2D eigenvalue weighted by Gasteiger charge is -2.09. The maximum atomic E-state index is 4.67. The molecule has 6 heteroatoms. The third-order valence-corrected chi connectivity index (χ3v) is 3.55. The molecule has 0 fully saturated rings. The molecule has 0 aliphatic carbocycles. The molecule has 0 amide bonds. The number of nitrogens with zero attached hydrogens (tertiary/aromatic N) is 5. The van der Waals surface area contributed by atoms with E-state index in [9.17, 15) is 0 Å². The number of anilines is 1. The minimum Gasteiger partial charge on any atom is -0.361 e. The fourth-order valence-corrected chi connectivity index (χ4v) is 2.52.